The minimum Gasteiger partial charge on any atom is -0.396 e. The first-order valence-electron chi connectivity index (χ1n) is 6.54. The SMILES string of the molecule is O=S(=O)(c1ccc(Br)cc1Cl)N1CCCC1CCCO. The lowest BCUT2D eigenvalue weighted by atomic mass is 10.1. The number of aliphatic hydroxyl groups is 1. The van der Waals surface area contributed by atoms with Crippen molar-refractivity contribution in [1.82, 2.24) is 4.31 Å². The second kappa shape index (κ2) is 6.75. The number of nitrogens with zero attached hydrogens (tertiary/aromatic N) is 1. The largest absolute Gasteiger partial charge is 0.396 e. The molecule has 4 nitrogen and oxygen atoms in total. The normalized spacial score (nSPS) is 20.4. The molecule has 1 aromatic rings. The van der Waals surface area contributed by atoms with E-state index in [0.717, 1.165) is 17.3 Å². The quantitative estimate of drug-likeness (QED) is 0.851. The molecule has 1 unspecified atom stereocenters. The Kier molecular flexibility index (Phi) is 5.48. The molecule has 1 heterocycles. The second-order valence-electron chi connectivity index (χ2n) is 4.85. The predicted molar refractivity (Wildman–Crippen MR) is 82.4 cm³/mol. The molecule has 0 amide bonds. The van der Waals surface area contributed by atoms with Crippen molar-refractivity contribution in [2.24, 2.45) is 0 Å². The van der Waals surface area contributed by atoms with Crippen LogP contribution in [0.3, 0.4) is 0 Å². The van der Waals surface area contributed by atoms with Gasteiger partial charge in [-0.25, -0.2) is 8.42 Å². The van der Waals surface area contributed by atoms with E-state index in [1.54, 1.807) is 12.1 Å². The maximum absolute atomic E-state index is 12.7. The van der Waals surface area contributed by atoms with E-state index >= 15 is 0 Å². The maximum atomic E-state index is 12.7. The topological polar surface area (TPSA) is 57.6 Å². The molecule has 2 rings (SSSR count). The molecule has 0 radical (unpaired) electrons. The fourth-order valence-corrected chi connectivity index (χ4v) is 5.29. The summed E-state index contributed by atoms with van der Waals surface area (Å²) in [4.78, 5) is 0.151. The Hall–Kier alpha value is -0.140. The minimum absolute atomic E-state index is 0.0353. The van der Waals surface area contributed by atoms with Gasteiger partial charge in [0.15, 0.2) is 0 Å². The lowest BCUT2D eigenvalue weighted by molar-refractivity contribution is 0.264. The molecular weight excluding hydrogens is 366 g/mol. The summed E-state index contributed by atoms with van der Waals surface area (Å²) in [5.41, 5.74) is 0. The summed E-state index contributed by atoms with van der Waals surface area (Å²) in [5.74, 6) is 0. The molecule has 1 atom stereocenters. The van der Waals surface area contributed by atoms with Gasteiger partial charge in [-0.15, -0.1) is 0 Å². The van der Waals surface area contributed by atoms with Crippen molar-refractivity contribution in [3.63, 3.8) is 0 Å². The number of hydrogen-bond donors (Lipinski definition) is 1. The van der Waals surface area contributed by atoms with Crippen LogP contribution in [0.2, 0.25) is 5.02 Å². The monoisotopic (exact) mass is 381 g/mol. The third kappa shape index (κ3) is 3.36. The zero-order chi connectivity index (χ0) is 14.8. The van der Waals surface area contributed by atoms with Gasteiger partial charge < -0.3 is 5.11 Å². The molecule has 7 heteroatoms. The third-order valence-electron chi connectivity index (χ3n) is 3.50. The second-order valence-corrected chi connectivity index (χ2v) is 8.03. The van der Waals surface area contributed by atoms with Crippen LogP contribution in [0.15, 0.2) is 27.6 Å². The Labute approximate surface area is 132 Å². The summed E-state index contributed by atoms with van der Waals surface area (Å²) in [6.45, 7) is 0.605. The van der Waals surface area contributed by atoms with Crippen molar-refractivity contribution in [3.05, 3.63) is 27.7 Å². The Morgan fingerprint density at radius 1 is 1.45 bits per heavy atom. The molecule has 0 aliphatic carbocycles. The predicted octanol–water partition coefficient (Wildman–Crippen LogP) is 3.03. The first-order chi connectivity index (χ1) is 9.46. The van der Waals surface area contributed by atoms with E-state index in [1.165, 1.54) is 10.4 Å². The zero-order valence-electron chi connectivity index (χ0n) is 10.9. The van der Waals surface area contributed by atoms with Crippen LogP contribution < -0.4 is 0 Å². The van der Waals surface area contributed by atoms with Crippen LogP contribution in [-0.2, 0) is 10.0 Å². The van der Waals surface area contributed by atoms with Crippen molar-refractivity contribution in [2.45, 2.75) is 36.6 Å². The number of halogens is 2. The zero-order valence-corrected chi connectivity index (χ0v) is 14.1. The van der Waals surface area contributed by atoms with Gasteiger partial charge in [0.25, 0.3) is 0 Å². The molecule has 0 saturated carbocycles. The number of rotatable bonds is 5. The average Bonchev–Trinajstić information content (AvgIpc) is 2.84. The van der Waals surface area contributed by atoms with Gasteiger partial charge in [0.1, 0.15) is 4.90 Å². The molecule has 1 fully saturated rings. The lowest BCUT2D eigenvalue weighted by Gasteiger charge is -2.24. The van der Waals surface area contributed by atoms with Crippen molar-refractivity contribution in [1.29, 1.82) is 0 Å². The van der Waals surface area contributed by atoms with Gasteiger partial charge in [-0.3, -0.25) is 0 Å². The van der Waals surface area contributed by atoms with Crippen molar-refractivity contribution >= 4 is 37.6 Å². The highest BCUT2D eigenvalue weighted by Gasteiger charge is 2.35. The van der Waals surface area contributed by atoms with E-state index in [9.17, 15) is 8.42 Å². The number of benzene rings is 1. The Bertz CT molecular complexity index is 579. The van der Waals surface area contributed by atoms with Crippen LogP contribution >= 0.6 is 27.5 Å². The van der Waals surface area contributed by atoms with Crippen molar-refractivity contribution in [2.75, 3.05) is 13.2 Å². The van der Waals surface area contributed by atoms with E-state index in [4.69, 9.17) is 16.7 Å². The highest BCUT2D eigenvalue weighted by molar-refractivity contribution is 9.10. The van der Waals surface area contributed by atoms with Gasteiger partial charge in [0, 0.05) is 23.7 Å². The van der Waals surface area contributed by atoms with Crippen LogP contribution in [0.1, 0.15) is 25.7 Å². The van der Waals surface area contributed by atoms with Gasteiger partial charge in [0.05, 0.1) is 5.02 Å². The van der Waals surface area contributed by atoms with Gasteiger partial charge in [-0.05, 0) is 43.9 Å². The molecule has 1 aliphatic rings. The summed E-state index contributed by atoms with van der Waals surface area (Å²) in [6.07, 6.45) is 2.99. The average molecular weight is 383 g/mol. The minimum atomic E-state index is -3.57. The summed E-state index contributed by atoms with van der Waals surface area (Å²) in [5, 5.41) is 9.14. The standard InChI is InChI=1S/C13H17BrClNO3S/c14-10-5-6-13(12(15)9-10)20(18,19)16-7-1-3-11(16)4-2-8-17/h5-6,9,11,17H,1-4,7-8H2. The summed E-state index contributed by atoms with van der Waals surface area (Å²) in [6, 6.07) is 4.76. The molecular formula is C13H17BrClNO3S. The fourth-order valence-electron chi connectivity index (χ4n) is 2.55. The Morgan fingerprint density at radius 2 is 2.20 bits per heavy atom. The van der Waals surface area contributed by atoms with Gasteiger partial charge in [0.2, 0.25) is 10.0 Å². The van der Waals surface area contributed by atoms with Gasteiger partial charge in [-0.1, -0.05) is 27.5 Å². The summed E-state index contributed by atoms with van der Waals surface area (Å²) >= 11 is 9.34. The van der Waals surface area contributed by atoms with Crippen LogP contribution in [0.5, 0.6) is 0 Å². The number of sulfonamides is 1. The van der Waals surface area contributed by atoms with E-state index in [1.807, 2.05) is 0 Å². The molecule has 0 bridgehead atoms. The molecule has 1 aromatic carbocycles. The molecule has 112 valence electrons. The van der Waals surface area contributed by atoms with E-state index in [-0.39, 0.29) is 22.6 Å². The van der Waals surface area contributed by atoms with E-state index in [0.29, 0.717) is 19.4 Å². The summed E-state index contributed by atoms with van der Waals surface area (Å²) in [7, 11) is -3.57. The Morgan fingerprint density at radius 3 is 2.85 bits per heavy atom. The smallest absolute Gasteiger partial charge is 0.244 e. The Balaban J connectivity index is 2.29. The van der Waals surface area contributed by atoms with Crippen LogP contribution in [-0.4, -0.2) is 37.0 Å². The third-order valence-corrected chi connectivity index (χ3v) is 6.43. The molecule has 1 saturated heterocycles. The first-order valence-corrected chi connectivity index (χ1v) is 9.15. The lowest BCUT2D eigenvalue weighted by Crippen LogP contribution is -2.35. The van der Waals surface area contributed by atoms with E-state index < -0.39 is 10.0 Å². The first kappa shape index (κ1) is 16.2. The highest BCUT2D eigenvalue weighted by atomic mass is 79.9. The summed E-state index contributed by atoms with van der Waals surface area (Å²) < 4.78 is 27.7. The van der Waals surface area contributed by atoms with Crippen LogP contribution in [0, 0.1) is 0 Å². The highest BCUT2D eigenvalue weighted by Crippen LogP contribution is 2.33. The molecule has 20 heavy (non-hydrogen) atoms. The van der Waals surface area contributed by atoms with Gasteiger partial charge >= 0.3 is 0 Å². The number of aliphatic hydroxyl groups excluding tert-OH is 1. The van der Waals surface area contributed by atoms with Crippen LogP contribution in [0.25, 0.3) is 0 Å². The number of hydrogen-bond acceptors (Lipinski definition) is 3. The van der Waals surface area contributed by atoms with Crippen LogP contribution in [0.4, 0.5) is 0 Å². The fraction of sp³-hybridized carbons (Fsp3) is 0.538. The van der Waals surface area contributed by atoms with Gasteiger partial charge in [-0.2, -0.15) is 4.31 Å². The molecule has 1 aliphatic heterocycles. The molecule has 0 spiro atoms. The molecule has 1 N–H and O–H groups in total. The van der Waals surface area contributed by atoms with Crippen molar-refractivity contribution in [3.8, 4) is 0 Å². The van der Waals surface area contributed by atoms with E-state index in [2.05, 4.69) is 15.9 Å². The van der Waals surface area contributed by atoms with Crippen molar-refractivity contribution < 1.29 is 13.5 Å². The molecule has 0 aromatic heterocycles. The maximum Gasteiger partial charge on any atom is 0.244 e.